The van der Waals surface area contributed by atoms with Crippen LogP contribution in [-0.2, 0) is 0 Å². The van der Waals surface area contributed by atoms with Gasteiger partial charge in [0.1, 0.15) is 0 Å². The Hall–Kier alpha value is -2.95. The standard InChI is InChI=1S/C16H14N4O/c1-11(14-10-18-15-5-3-2-4-13(14)15)19-20-16(21)12-6-8-17-9-7-12/h2-10,18H,1H3,(H,20,21)/b19-11+. The van der Waals surface area contributed by atoms with Gasteiger partial charge in [0.05, 0.1) is 5.71 Å². The Labute approximate surface area is 121 Å². The lowest BCUT2D eigenvalue weighted by molar-refractivity contribution is 0.0954. The van der Waals surface area contributed by atoms with Crippen molar-refractivity contribution in [2.24, 2.45) is 5.10 Å². The predicted molar refractivity (Wildman–Crippen MR) is 82.2 cm³/mol. The van der Waals surface area contributed by atoms with Gasteiger partial charge in [-0.2, -0.15) is 5.10 Å². The molecule has 0 bridgehead atoms. The molecule has 21 heavy (non-hydrogen) atoms. The van der Waals surface area contributed by atoms with Crippen LogP contribution in [0, 0.1) is 0 Å². The maximum Gasteiger partial charge on any atom is 0.271 e. The van der Waals surface area contributed by atoms with Crippen LogP contribution in [0.4, 0.5) is 0 Å². The SMILES string of the molecule is C/C(=N\NC(=O)c1ccncc1)c1c[nH]c2ccccc12. The summed E-state index contributed by atoms with van der Waals surface area (Å²) in [6.45, 7) is 1.86. The van der Waals surface area contributed by atoms with Crippen molar-refractivity contribution in [1.29, 1.82) is 0 Å². The van der Waals surface area contributed by atoms with E-state index < -0.39 is 0 Å². The highest BCUT2D eigenvalue weighted by Gasteiger charge is 2.07. The second-order valence-electron chi connectivity index (χ2n) is 4.62. The molecule has 104 valence electrons. The van der Waals surface area contributed by atoms with Crippen LogP contribution in [0.3, 0.4) is 0 Å². The molecule has 3 rings (SSSR count). The summed E-state index contributed by atoms with van der Waals surface area (Å²) in [5.41, 5.74) is 5.85. The lowest BCUT2D eigenvalue weighted by atomic mass is 10.1. The number of carbonyl (C=O) groups is 1. The quantitative estimate of drug-likeness (QED) is 0.571. The Bertz CT molecular complexity index is 805. The summed E-state index contributed by atoms with van der Waals surface area (Å²) in [5.74, 6) is -0.253. The van der Waals surface area contributed by atoms with Crippen LogP contribution in [0.1, 0.15) is 22.8 Å². The van der Waals surface area contributed by atoms with E-state index in [1.54, 1.807) is 24.5 Å². The van der Waals surface area contributed by atoms with Crippen LogP contribution in [0.2, 0.25) is 0 Å². The number of benzene rings is 1. The van der Waals surface area contributed by atoms with Crippen molar-refractivity contribution in [2.45, 2.75) is 6.92 Å². The topological polar surface area (TPSA) is 70.1 Å². The Balaban J connectivity index is 1.82. The smallest absolute Gasteiger partial charge is 0.271 e. The number of para-hydroxylation sites is 1. The maximum atomic E-state index is 11.9. The van der Waals surface area contributed by atoms with Crippen LogP contribution in [-0.4, -0.2) is 21.6 Å². The zero-order valence-electron chi connectivity index (χ0n) is 11.5. The molecule has 0 fully saturated rings. The van der Waals surface area contributed by atoms with Crippen molar-refractivity contribution in [1.82, 2.24) is 15.4 Å². The highest BCUT2D eigenvalue weighted by Crippen LogP contribution is 2.18. The summed E-state index contributed by atoms with van der Waals surface area (Å²) in [4.78, 5) is 19.0. The van der Waals surface area contributed by atoms with Crippen LogP contribution in [0.15, 0.2) is 60.1 Å². The molecule has 3 aromatic rings. The largest absolute Gasteiger partial charge is 0.360 e. The Morgan fingerprint density at radius 2 is 1.95 bits per heavy atom. The van der Waals surface area contributed by atoms with Crippen molar-refractivity contribution in [2.75, 3.05) is 0 Å². The van der Waals surface area contributed by atoms with E-state index in [1.165, 1.54) is 0 Å². The molecule has 5 heteroatoms. The molecule has 0 radical (unpaired) electrons. The van der Waals surface area contributed by atoms with Gasteiger partial charge in [-0.25, -0.2) is 5.43 Å². The van der Waals surface area contributed by atoms with E-state index in [9.17, 15) is 4.79 Å². The maximum absolute atomic E-state index is 11.9. The van der Waals surface area contributed by atoms with E-state index in [-0.39, 0.29) is 5.91 Å². The van der Waals surface area contributed by atoms with Gasteiger partial charge in [0, 0.05) is 40.6 Å². The number of aromatic nitrogens is 2. The average Bonchev–Trinajstić information content (AvgIpc) is 2.97. The first-order valence-corrected chi connectivity index (χ1v) is 6.57. The van der Waals surface area contributed by atoms with Gasteiger partial charge in [-0.15, -0.1) is 0 Å². The third-order valence-corrected chi connectivity index (χ3v) is 3.25. The monoisotopic (exact) mass is 278 g/mol. The normalized spacial score (nSPS) is 11.6. The minimum Gasteiger partial charge on any atom is -0.360 e. The van der Waals surface area contributed by atoms with Gasteiger partial charge < -0.3 is 4.98 Å². The molecule has 0 saturated carbocycles. The molecule has 0 atom stereocenters. The zero-order valence-corrected chi connectivity index (χ0v) is 11.5. The first kappa shape index (κ1) is 13.1. The van der Waals surface area contributed by atoms with E-state index in [4.69, 9.17) is 0 Å². The molecule has 2 N–H and O–H groups in total. The van der Waals surface area contributed by atoms with Crippen molar-refractivity contribution in [3.63, 3.8) is 0 Å². The van der Waals surface area contributed by atoms with Gasteiger partial charge in [-0.05, 0) is 25.1 Å². The number of nitrogens with zero attached hydrogens (tertiary/aromatic N) is 2. The number of hydrogen-bond donors (Lipinski definition) is 2. The second kappa shape index (κ2) is 5.58. The first-order chi connectivity index (χ1) is 10.3. The third-order valence-electron chi connectivity index (χ3n) is 3.25. The number of aromatic amines is 1. The number of nitrogens with one attached hydrogen (secondary N) is 2. The molecular weight excluding hydrogens is 264 g/mol. The number of fused-ring (bicyclic) bond motifs is 1. The van der Waals surface area contributed by atoms with Crippen LogP contribution < -0.4 is 5.43 Å². The Morgan fingerprint density at radius 3 is 2.76 bits per heavy atom. The number of carbonyl (C=O) groups excluding carboxylic acids is 1. The van der Waals surface area contributed by atoms with Crippen molar-refractivity contribution >= 4 is 22.5 Å². The molecule has 1 amide bonds. The van der Waals surface area contributed by atoms with E-state index in [0.717, 1.165) is 22.2 Å². The van der Waals surface area contributed by atoms with Gasteiger partial charge in [0.25, 0.3) is 5.91 Å². The summed E-state index contributed by atoms with van der Waals surface area (Å²) in [6, 6.07) is 11.3. The van der Waals surface area contributed by atoms with Crippen LogP contribution >= 0.6 is 0 Å². The van der Waals surface area contributed by atoms with Crippen LogP contribution in [0.5, 0.6) is 0 Å². The summed E-state index contributed by atoms with van der Waals surface area (Å²) in [6.07, 6.45) is 5.04. The van der Waals surface area contributed by atoms with Gasteiger partial charge in [-0.3, -0.25) is 9.78 Å². The summed E-state index contributed by atoms with van der Waals surface area (Å²) < 4.78 is 0. The fourth-order valence-corrected chi connectivity index (χ4v) is 2.13. The van der Waals surface area contributed by atoms with E-state index in [0.29, 0.717) is 5.56 Å². The molecule has 0 aliphatic carbocycles. The molecule has 5 nitrogen and oxygen atoms in total. The summed E-state index contributed by atoms with van der Waals surface area (Å²) >= 11 is 0. The second-order valence-corrected chi connectivity index (χ2v) is 4.62. The minimum atomic E-state index is -0.253. The fourth-order valence-electron chi connectivity index (χ4n) is 2.13. The molecule has 0 saturated heterocycles. The summed E-state index contributed by atoms with van der Waals surface area (Å²) in [7, 11) is 0. The number of pyridine rings is 1. The molecule has 0 aliphatic rings. The zero-order chi connectivity index (χ0) is 14.7. The molecule has 2 heterocycles. The molecule has 0 unspecified atom stereocenters. The Morgan fingerprint density at radius 1 is 1.19 bits per heavy atom. The van der Waals surface area contributed by atoms with E-state index in [2.05, 4.69) is 20.5 Å². The highest BCUT2D eigenvalue weighted by atomic mass is 16.2. The number of amides is 1. The molecular formula is C16H14N4O. The predicted octanol–water partition coefficient (Wildman–Crippen LogP) is 2.72. The van der Waals surface area contributed by atoms with Gasteiger partial charge in [0.2, 0.25) is 0 Å². The van der Waals surface area contributed by atoms with E-state index in [1.807, 2.05) is 37.4 Å². The van der Waals surface area contributed by atoms with E-state index >= 15 is 0 Å². The first-order valence-electron chi connectivity index (χ1n) is 6.57. The molecule has 0 aliphatic heterocycles. The molecule has 2 aromatic heterocycles. The molecule has 0 spiro atoms. The number of hydrogen-bond acceptors (Lipinski definition) is 3. The van der Waals surface area contributed by atoms with Gasteiger partial charge in [0.15, 0.2) is 0 Å². The van der Waals surface area contributed by atoms with Gasteiger partial charge in [-0.1, -0.05) is 18.2 Å². The van der Waals surface area contributed by atoms with Crippen molar-refractivity contribution in [3.05, 3.63) is 66.1 Å². The average molecular weight is 278 g/mol. The number of hydrazone groups is 1. The van der Waals surface area contributed by atoms with Crippen LogP contribution in [0.25, 0.3) is 10.9 Å². The summed E-state index contributed by atoms with van der Waals surface area (Å²) in [5, 5.41) is 5.25. The lowest BCUT2D eigenvalue weighted by Crippen LogP contribution is -2.19. The minimum absolute atomic E-state index is 0.253. The number of H-pyrrole nitrogens is 1. The molecule has 1 aromatic carbocycles. The fraction of sp³-hybridized carbons (Fsp3) is 0.0625. The highest BCUT2D eigenvalue weighted by molar-refractivity contribution is 6.10. The third kappa shape index (κ3) is 2.67. The van der Waals surface area contributed by atoms with Gasteiger partial charge >= 0.3 is 0 Å². The van der Waals surface area contributed by atoms with Crippen molar-refractivity contribution < 1.29 is 4.79 Å². The lowest BCUT2D eigenvalue weighted by Gasteiger charge is -2.02. The van der Waals surface area contributed by atoms with Crippen molar-refractivity contribution in [3.8, 4) is 0 Å². The number of rotatable bonds is 3. The Kier molecular flexibility index (Phi) is 3.47.